The van der Waals surface area contributed by atoms with Crippen molar-refractivity contribution < 1.29 is 18.7 Å². The molecule has 0 bridgehead atoms. The van der Waals surface area contributed by atoms with Gasteiger partial charge in [0.05, 0.1) is 35.1 Å². The van der Waals surface area contributed by atoms with Gasteiger partial charge in [-0.2, -0.15) is 0 Å². The van der Waals surface area contributed by atoms with Crippen LogP contribution in [-0.2, 0) is 6.54 Å². The summed E-state index contributed by atoms with van der Waals surface area (Å²) in [6, 6.07) is 15.5. The van der Waals surface area contributed by atoms with Gasteiger partial charge >= 0.3 is 0 Å². The van der Waals surface area contributed by atoms with E-state index in [9.17, 15) is 9.59 Å². The number of carbonyl (C=O) groups excluding carboxylic acids is 2. The van der Waals surface area contributed by atoms with Gasteiger partial charge in [0.15, 0.2) is 0 Å². The Morgan fingerprint density at radius 3 is 2.62 bits per heavy atom. The number of halogens is 1. The van der Waals surface area contributed by atoms with Crippen molar-refractivity contribution >= 4 is 33.4 Å². The van der Waals surface area contributed by atoms with E-state index in [0.717, 1.165) is 6.42 Å². The quantitative estimate of drug-likeness (QED) is 0.498. The highest BCUT2D eigenvalue weighted by Gasteiger charge is 2.15. The van der Waals surface area contributed by atoms with Crippen LogP contribution in [0.4, 0.5) is 5.69 Å². The van der Waals surface area contributed by atoms with Crippen molar-refractivity contribution in [1.82, 2.24) is 5.32 Å². The van der Waals surface area contributed by atoms with Gasteiger partial charge < -0.3 is 19.8 Å². The Morgan fingerprint density at radius 1 is 1.07 bits per heavy atom. The van der Waals surface area contributed by atoms with Gasteiger partial charge in [0.25, 0.3) is 11.8 Å². The number of anilines is 1. The first-order valence-corrected chi connectivity index (χ1v) is 10.0. The van der Waals surface area contributed by atoms with Gasteiger partial charge in [0, 0.05) is 5.56 Å². The molecule has 1 heterocycles. The third-order valence-corrected chi connectivity index (χ3v) is 4.70. The monoisotopic (exact) mass is 456 g/mol. The maximum Gasteiger partial charge on any atom is 0.255 e. The van der Waals surface area contributed by atoms with Crippen molar-refractivity contribution in [3.8, 4) is 5.75 Å². The average Bonchev–Trinajstić information content (AvgIpc) is 3.25. The molecule has 0 fully saturated rings. The molecule has 0 radical (unpaired) electrons. The van der Waals surface area contributed by atoms with Crippen LogP contribution in [0.15, 0.2) is 69.8 Å². The van der Waals surface area contributed by atoms with Crippen LogP contribution in [0.2, 0.25) is 0 Å². The van der Waals surface area contributed by atoms with Crippen LogP contribution in [0.25, 0.3) is 0 Å². The van der Waals surface area contributed by atoms with Crippen LogP contribution in [-0.4, -0.2) is 18.4 Å². The number of benzene rings is 2. The molecule has 0 aliphatic heterocycles. The Kier molecular flexibility index (Phi) is 7.08. The zero-order valence-electron chi connectivity index (χ0n) is 15.9. The smallest absolute Gasteiger partial charge is 0.255 e. The molecule has 0 saturated heterocycles. The summed E-state index contributed by atoms with van der Waals surface area (Å²) in [4.78, 5) is 25.2. The molecule has 2 N–H and O–H groups in total. The van der Waals surface area contributed by atoms with E-state index < -0.39 is 0 Å². The molecule has 0 saturated carbocycles. The van der Waals surface area contributed by atoms with E-state index in [-0.39, 0.29) is 18.4 Å². The Bertz CT molecular complexity index is 986. The average molecular weight is 457 g/mol. The van der Waals surface area contributed by atoms with Crippen molar-refractivity contribution in [1.29, 1.82) is 0 Å². The van der Waals surface area contributed by atoms with Gasteiger partial charge in [-0.1, -0.05) is 19.1 Å². The highest BCUT2D eigenvalue weighted by atomic mass is 79.9. The molecule has 0 aliphatic rings. The van der Waals surface area contributed by atoms with Crippen molar-refractivity contribution in [2.75, 3.05) is 11.9 Å². The Morgan fingerprint density at radius 2 is 1.90 bits per heavy atom. The van der Waals surface area contributed by atoms with Crippen molar-refractivity contribution in [3.63, 3.8) is 0 Å². The van der Waals surface area contributed by atoms with E-state index in [2.05, 4.69) is 26.6 Å². The third-order valence-electron chi connectivity index (χ3n) is 4.08. The second-order valence-corrected chi connectivity index (χ2v) is 7.11. The number of rotatable bonds is 8. The summed E-state index contributed by atoms with van der Waals surface area (Å²) in [6.45, 7) is 2.89. The molecule has 29 heavy (non-hydrogen) atoms. The summed E-state index contributed by atoms with van der Waals surface area (Å²) < 4.78 is 11.5. The fourth-order valence-corrected chi connectivity index (χ4v) is 3.12. The predicted molar refractivity (Wildman–Crippen MR) is 114 cm³/mol. The molecule has 2 aromatic carbocycles. The highest BCUT2D eigenvalue weighted by molar-refractivity contribution is 9.10. The van der Waals surface area contributed by atoms with E-state index in [1.54, 1.807) is 60.9 Å². The van der Waals surface area contributed by atoms with Crippen LogP contribution in [0.1, 0.15) is 39.8 Å². The lowest BCUT2D eigenvalue weighted by Crippen LogP contribution is -2.24. The van der Waals surface area contributed by atoms with Gasteiger partial charge in [-0.05, 0) is 64.8 Å². The van der Waals surface area contributed by atoms with Gasteiger partial charge in [-0.25, -0.2) is 0 Å². The molecular formula is C22H21BrN2O4. The first kappa shape index (κ1) is 20.7. The predicted octanol–water partition coefficient (Wildman–Crippen LogP) is 5.01. The van der Waals surface area contributed by atoms with Gasteiger partial charge in [0.2, 0.25) is 0 Å². The number of amides is 2. The lowest BCUT2D eigenvalue weighted by Gasteiger charge is -2.12. The summed E-state index contributed by atoms with van der Waals surface area (Å²) in [5.41, 5.74) is 1.25. The third kappa shape index (κ3) is 5.48. The topological polar surface area (TPSA) is 80.6 Å². The Labute approximate surface area is 177 Å². The summed E-state index contributed by atoms with van der Waals surface area (Å²) in [6.07, 6.45) is 2.44. The molecule has 7 heteroatoms. The largest absolute Gasteiger partial charge is 0.492 e. The second kappa shape index (κ2) is 9.93. The van der Waals surface area contributed by atoms with Crippen LogP contribution in [0, 0.1) is 0 Å². The number of hydrogen-bond acceptors (Lipinski definition) is 4. The Balaban J connectivity index is 1.70. The van der Waals surface area contributed by atoms with Crippen molar-refractivity contribution in [2.24, 2.45) is 0 Å². The van der Waals surface area contributed by atoms with E-state index in [4.69, 9.17) is 9.15 Å². The summed E-state index contributed by atoms with van der Waals surface area (Å²) in [5, 5.41) is 5.59. The lowest BCUT2D eigenvalue weighted by atomic mass is 10.1. The molecule has 0 aliphatic carbocycles. The second-order valence-electron chi connectivity index (χ2n) is 6.26. The van der Waals surface area contributed by atoms with Crippen LogP contribution < -0.4 is 15.4 Å². The maximum atomic E-state index is 12.7. The molecule has 150 valence electrons. The Hall–Kier alpha value is -3.06. The zero-order chi connectivity index (χ0) is 20.6. The first-order chi connectivity index (χ1) is 14.1. The highest BCUT2D eigenvalue weighted by Crippen LogP contribution is 2.27. The molecule has 0 spiro atoms. The molecule has 2 amide bonds. The number of hydrogen-bond donors (Lipinski definition) is 2. The fourth-order valence-electron chi connectivity index (χ4n) is 2.63. The molecule has 0 atom stereocenters. The minimum atomic E-state index is -0.320. The first-order valence-electron chi connectivity index (χ1n) is 9.21. The fraction of sp³-hybridized carbons (Fsp3) is 0.182. The number of furan rings is 1. The summed E-state index contributed by atoms with van der Waals surface area (Å²) in [5.74, 6) is 0.706. The van der Waals surface area contributed by atoms with E-state index in [0.29, 0.717) is 39.4 Å². The van der Waals surface area contributed by atoms with Gasteiger partial charge in [-0.3, -0.25) is 9.59 Å². The molecule has 6 nitrogen and oxygen atoms in total. The normalized spacial score (nSPS) is 10.4. The van der Waals surface area contributed by atoms with E-state index >= 15 is 0 Å². The summed E-state index contributed by atoms with van der Waals surface area (Å²) in [7, 11) is 0. The van der Waals surface area contributed by atoms with Gasteiger partial charge in [0.1, 0.15) is 11.5 Å². The van der Waals surface area contributed by atoms with Crippen LogP contribution in [0.3, 0.4) is 0 Å². The minimum absolute atomic E-state index is 0.264. The maximum absolute atomic E-state index is 12.7. The number of nitrogens with one attached hydrogen (secondary N) is 2. The van der Waals surface area contributed by atoms with Gasteiger partial charge in [-0.15, -0.1) is 0 Å². The molecule has 3 rings (SSSR count). The van der Waals surface area contributed by atoms with Crippen molar-refractivity contribution in [3.05, 3.63) is 82.2 Å². The standard InChI is InChI=1S/C22H21BrN2O4/c1-2-11-29-20-10-9-15(13-18(20)23)21(26)25-19-8-4-3-7-17(19)22(27)24-14-16-6-5-12-28-16/h3-10,12-13H,2,11,14H2,1H3,(H,24,27)(H,25,26). The lowest BCUT2D eigenvalue weighted by molar-refractivity contribution is 0.0949. The van der Waals surface area contributed by atoms with E-state index in [1.165, 1.54) is 0 Å². The minimum Gasteiger partial charge on any atom is -0.492 e. The zero-order valence-corrected chi connectivity index (χ0v) is 17.5. The van der Waals surface area contributed by atoms with Crippen LogP contribution >= 0.6 is 15.9 Å². The molecule has 1 aromatic heterocycles. The molecular weight excluding hydrogens is 436 g/mol. The SMILES string of the molecule is CCCOc1ccc(C(=O)Nc2ccccc2C(=O)NCc2ccco2)cc1Br. The van der Waals surface area contributed by atoms with Crippen LogP contribution in [0.5, 0.6) is 5.75 Å². The van der Waals surface area contributed by atoms with Crippen molar-refractivity contribution in [2.45, 2.75) is 19.9 Å². The number of para-hydroxylation sites is 1. The molecule has 3 aromatic rings. The molecule has 0 unspecified atom stereocenters. The number of carbonyl (C=O) groups is 2. The van der Waals surface area contributed by atoms with E-state index in [1.807, 2.05) is 6.92 Å². The summed E-state index contributed by atoms with van der Waals surface area (Å²) >= 11 is 3.43. The number of ether oxygens (including phenoxy) is 1.